The number of ketones is 1. The molecule has 0 saturated heterocycles. The Kier molecular flexibility index (Phi) is 23.2. The van der Waals surface area contributed by atoms with Crippen LogP contribution in [-0.2, 0) is 26.5 Å². The van der Waals surface area contributed by atoms with E-state index >= 15 is 0 Å². The molecule has 4 aliphatic heterocycles. The highest BCUT2D eigenvalue weighted by Gasteiger charge is 2.48. The van der Waals surface area contributed by atoms with Crippen molar-refractivity contribution in [1.29, 1.82) is 0 Å². The summed E-state index contributed by atoms with van der Waals surface area (Å²) in [4.78, 5) is 44.0. The molecule has 0 radical (unpaired) electrons. The number of quaternary nitrogens is 1. The molecule has 458 valence electrons. The van der Waals surface area contributed by atoms with Crippen LogP contribution in [0.15, 0.2) is 144 Å². The summed E-state index contributed by atoms with van der Waals surface area (Å²) in [5, 5.41) is 13.6. The Hall–Kier alpha value is -4.93. The second kappa shape index (κ2) is 28.5. The van der Waals surface area contributed by atoms with Crippen molar-refractivity contribution in [1.82, 2.24) is 0 Å². The first-order chi connectivity index (χ1) is 39.4. The number of benzene rings is 4. The Morgan fingerprint density at radius 3 is 1.67 bits per heavy atom. The smallest absolute Gasteiger partial charge is 0.268 e. The molecule has 2 atom stereocenters. The van der Waals surface area contributed by atoms with Crippen LogP contribution < -0.4 is 59.4 Å². The lowest BCUT2D eigenvalue weighted by Crippen LogP contribution is -3.10. The number of para-hydroxylation sites is 2. The largest absolute Gasteiger partial charge is 1.00 e. The van der Waals surface area contributed by atoms with Gasteiger partial charge in [0.1, 0.15) is 12.2 Å². The molecule has 5 aromatic rings. The molecule has 3 N–H and O–H groups in total. The van der Waals surface area contributed by atoms with Crippen LogP contribution in [0.25, 0.3) is 6.08 Å². The van der Waals surface area contributed by atoms with E-state index in [1.54, 1.807) is 10.5 Å². The van der Waals surface area contributed by atoms with E-state index in [0.717, 1.165) is 64.9 Å². The highest BCUT2D eigenvalue weighted by Crippen LogP contribution is 2.52. The van der Waals surface area contributed by atoms with Gasteiger partial charge < -0.3 is 49.1 Å². The van der Waals surface area contributed by atoms with Crippen LogP contribution in [0.3, 0.4) is 0 Å². The summed E-state index contributed by atoms with van der Waals surface area (Å²) in [5.41, 5.74) is 12.8. The van der Waals surface area contributed by atoms with Crippen molar-refractivity contribution in [2.75, 3.05) is 42.6 Å². The first kappa shape index (κ1) is 69.2. The first-order valence-electron chi connectivity index (χ1n) is 30.9. The zero-order chi connectivity index (χ0) is 60.3. The van der Waals surface area contributed by atoms with Gasteiger partial charge in [-0.15, -0.1) is 0 Å². The molecule has 0 bridgehead atoms. The maximum absolute atomic E-state index is 13.6. The van der Waals surface area contributed by atoms with Crippen LogP contribution in [0, 0.1) is 0 Å². The molecule has 13 heteroatoms. The van der Waals surface area contributed by atoms with Crippen molar-refractivity contribution in [3.63, 3.8) is 0 Å². The Balaban J connectivity index is 0.000000223. The van der Waals surface area contributed by atoms with Crippen LogP contribution >= 0.6 is 31.9 Å². The van der Waals surface area contributed by atoms with Gasteiger partial charge in [-0.05, 0) is 127 Å². The van der Waals surface area contributed by atoms with Crippen molar-refractivity contribution in [3.05, 3.63) is 183 Å². The molecule has 4 heterocycles. The normalized spacial score (nSPS) is 20.3. The molecular weight excluding hydrogens is 1300 g/mol. The number of unbranched alkanes of at least 4 members (excludes halogenated alkanes) is 6. The minimum Gasteiger partial charge on any atom is -1.00 e. The number of nitrogens with zero attached hydrogens (tertiary/aromatic N) is 3. The van der Waals surface area contributed by atoms with E-state index in [-0.39, 0.29) is 63.0 Å². The van der Waals surface area contributed by atoms with Gasteiger partial charge in [-0.1, -0.05) is 168 Å². The van der Waals surface area contributed by atoms with E-state index in [0.29, 0.717) is 34.8 Å². The van der Waals surface area contributed by atoms with Gasteiger partial charge in [0.2, 0.25) is 11.1 Å². The summed E-state index contributed by atoms with van der Waals surface area (Å²) in [6, 6.07) is 30.8. The Bertz CT molecular complexity index is 3480. The average Bonchev–Trinajstić information content (AvgIpc) is 2.00. The van der Waals surface area contributed by atoms with E-state index in [2.05, 4.69) is 221 Å². The topological polar surface area (TPSA) is 129 Å². The fraction of sp³-hybridized carbons (Fsp3) is 0.472. The number of rotatable bonds is 19. The monoisotopic (exact) mass is 1390 g/mol. The molecule has 1 aliphatic carbocycles. The van der Waals surface area contributed by atoms with Crippen LogP contribution in [0.5, 0.6) is 5.75 Å². The minimum absolute atomic E-state index is 0. The highest BCUT2D eigenvalue weighted by molar-refractivity contribution is 9.10. The number of halogens is 3. The lowest BCUT2D eigenvalue weighted by atomic mass is 9.77. The number of nitrogens with one attached hydrogen (secondary N) is 1. The number of carbonyl (C=O) groups is 1. The number of hydrogen-bond acceptors (Lipinski definition) is 7. The second-order valence-corrected chi connectivity index (χ2v) is 27.3. The quantitative estimate of drug-likeness (QED) is 0.0287. The summed E-state index contributed by atoms with van der Waals surface area (Å²) in [7, 11) is 0. The number of allylic oxidation sites excluding steroid dienone is 6. The number of anilines is 2. The fourth-order valence-electron chi connectivity index (χ4n) is 13.4. The van der Waals surface area contributed by atoms with Crippen LogP contribution in [0.4, 0.5) is 22.7 Å². The predicted octanol–water partition coefficient (Wildman–Crippen LogP) is 11.3. The maximum Gasteiger partial charge on any atom is 0.268 e. The zero-order valence-electron chi connectivity index (χ0n) is 53.0. The van der Waals surface area contributed by atoms with E-state index in [9.17, 15) is 19.5 Å². The molecular formula is C72H93Br2IN4O6. The Labute approximate surface area is 541 Å². The van der Waals surface area contributed by atoms with Gasteiger partial charge in [-0.25, -0.2) is 0 Å². The Morgan fingerprint density at radius 2 is 1.15 bits per heavy atom. The fourth-order valence-corrected chi connectivity index (χ4v) is 14.1. The summed E-state index contributed by atoms with van der Waals surface area (Å²) < 4.78 is 9.79. The maximum atomic E-state index is 13.6. The van der Waals surface area contributed by atoms with Crippen molar-refractivity contribution in [3.8, 4) is 5.75 Å². The third kappa shape index (κ3) is 13.3. The van der Waals surface area contributed by atoms with Gasteiger partial charge in [-0.2, -0.15) is 4.58 Å². The number of carbonyl (C=O) groups excluding carboxylic acids is 1. The first-order valence-corrected chi connectivity index (χ1v) is 32.5. The lowest BCUT2D eigenvalue weighted by molar-refractivity contribution is -0.855. The lowest BCUT2D eigenvalue weighted by Gasteiger charge is -2.33. The molecule has 85 heavy (non-hydrogen) atoms. The van der Waals surface area contributed by atoms with Gasteiger partial charge in [0.15, 0.2) is 17.2 Å². The second-order valence-electron chi connectivity index (χ2n) is 25.5. The van der Waals surface area contributed by atoms with Crippen LogP contribution in [0.2, 0.25) is 0 Å². The van der Waals surface area contributed by atoms with E-state index in [1.807, 2.05) is 25.2 Å². The van der Waals surface area contributed by atoms with Crippen molar-refractivity contribution in [2.24, 2.45) is 0 Å². The SMILES string of the molecule is CCCCCCN1C(=CC2=C([O-])C(=CC3=[N+](CCC)c4ccccc4C3(C)C)C2=O)C(C)(C)c2cc(Br)ccc21.CCCCCCN1C(=Cc2c(OCC)c(=O)c2=O)C(C)(C)c2cc(Br)ccc21.CCC[NH+]1c2ccccc2C(C)(C)C1C.O.[I-]. The molecule has 10 nitrogen and oxygen atoms in total. The van der Waals surface area contributed by atoms with Crippen LogP contribution in [0.1, 0.15) is 189 Å². The minimum atomic E-state index is -0.515. The van der Waals surface area contributed by atoms with Crippen molar-refractivity contribution in [2.45, 2.75) is 189 Å². The molecule has 0 fully saturated rings. The van der Waals surface area contributed by atoms with Gasteiger partial charge in [0, 0.05) is 102 Å². The number of hydrogen-bond donors (Lipinski definition) is 1. The molecule has 5 aliphatic rings. The van der Waals surface area contributed by atoms with Crippen molar-refractivity contribution < 1.29 is 53.6 Å². The van der Waals surface area contributed by atoms with E-state index in [4.69, 9.17) is 4.74 Å². The van der Waals surface area contributed by atoms with Crippen molar-refractivity contribution >= 4 is 72.2 Å². The summed E-state index contributed by atoms with van der Waals surface area (Å²) in [5.74, 6) is -0.0852. The summed E-state index contributed by atoms with van der Waals surface area (Å²) in [6.07, 6.45) is 17.2. The van der Waals surface area contributed by atoms with Gasteiger partial charge in [0.25, 0.3) is 5.43 Å². The standard InChI is InChI=1S/C35H41BrN2O2.C23H28BrNO3.C14H21N.HI.H2O/c1-7-9-10-13-19-38-29-17-16-23(36)20-27(29)35(5,6)31(38)22-25-32(39)24(33(25)40)21-30-34(3,4)26-14-11-12-15-28(26)37(30)18-8-2;1-5-7-8-9-12-25-18-11-10-15(24)13-17(18)23(3,4)19(25)14-16-20(26)21(27)22(16)28-6-2;1-5-10-15-11(2)14(3,4)12-8-6-7-9-13(12)15;;/h11-12,14-17,20-22H,7-10,13,18-19H2,1-6H3;10-11,13-14H,5-9,12H2,1-4H3;6-9,11H,5,10H2,1-4H3;1H;1H2. The van der Waals surface area contributed by atoms with Gasteiger partial charge in [0.05, 0.1) is 30.2 Å². The van der Waals surface area contributed by atoms with E-state index in [1.165, 1.54) is 90.9 Å². The molecule has 5 aromatic carbocycles. The highest BCUT2D eigenvalue weighted by atomic mass is 127. The van der Waals surface area contributed by atoms with Gasteiger partial charge >= 0.3 is 0 Å². The van der Waals surface area contributed by atoms with E-state index < -0.39 is 10.9 Å². The molecule has 10 rings (SSSR count). The molecule has 0 saturated carbocycles. The van der Waals surface area contributed by atoms with Crippen LogP contribution in [-0.4, -0.2) is 60.4 Å². The zero-order valence-corrected chi connectivity index (χ0v) is 58.3. The third-order valence-corrected chi connectivity index (χ3v) is 19.5. The number of ether oxygens (including phenoxy) is 1. The third-order valence-electron chi connectivity index (χ3n) is 18.5. The van der Waals surface area contributed by atoms with Gasteiger partial charge in [-0.3, -0.25) is 19.3 Å². The molecule has 0 aromatic heterocycles. The Morgan fingerprint density at radius 1 is 0.624 bits per heavy atom. The average molecular weight is 1400 g/mol. The predicted molar refractivity (Wildman–Crippen MR) is 354 cm³/mol. The summed E-state index contributed by atoms with van der Waals surface area (Å²) >= 11 is 7.23. The summed E-state index contributed by atoms with van der Waals surface area (Å²) in [6.45, 7) is 35.1. The molecule has 0 spiro atoms. The molecule has 2 unspecified atom stereocenters. The number of Topliss-reactive ketones (excluding diaryl/α,β-unsaturated/α-hetero) is 1. The molecule has 0 amide bonds. The number of fused-ring (bicyclic) bond motifs is 4.